The van der Waals surface area contributed by atoms with Crippen molar-refractivity contribution in [1.29, 1.82) is 0 Å². The van der Waals surface area contributed by atoms with Gasteiger partial charge in [0.15, 0.2) is 0 Å². The van der Waals surface area contributed by atoms with Crippen molar-refractivity contribution in [2.24, 2.45) is 5.92 Å². The van der Waals surface area contributed by atoms with E-state index in [1.54, 1.807) is 0 Å². The summed E-state index contributed by atoms with van der Waals surface area (Å²) >= 11 is 1.36. The van der Waals surface area contributed by atoms with Gasteiger partial charge in [-0.2, -0.15) is 0 Å². The number of hydrogen-bond acceptors (Lipinski definition) is 5. The van der Waals surface area contributed by atoms with Crippen molar-refractivity contribution in [3.63, 3.8) is 0 Å². The van der Waals surface area contributed by atoms with E-state index in [4.69, 9.17) is 4.98 Å². The van der Waals surface area contributed by atoms with E-state index in [9.17, 15) is 9.59 Å². The molecule has 0 aromatic carbocycles. The minimum atomic E-state index is -0.0781. The highest BCUT2D eigenvalue weighted by Gasteiger charge is 2.26. The average Bonchev–Trinajstić information content (AvgIpc) is 2.80. The Bertz CT molecular complexity index is 901. The number of carbonyl (C=O) groups excluding carboxylic acids is 1. The third kappa shape index (κ3) is 3.07. The van der Waals surface area contributed by atoms with E-state index >= 15 is 0 Å². The van der Waals surface area contributed by atoms with Crippen LogP contribution >= 0.6 is 11.3 Å². The summed E-state index contributed by atoms with van der Waals surface area (Å²) in [5, 5.41) is 7.12. The largest absolute Gasteiger partial charge is 0.347 e. The van der Waals surface area contributed by atoms with E-state index in [0.717, 1.165) is 63.1 Å². The van der Waals surface area contributed by atoms with E-state index in [-0.39, 0.29) is 17.5 Å². The van der Waals surface area contributed by atoms with Gasteiger partial charge >= 0.3 is 0 Å². The molecule has 6 nitrogen and oxygen atoms in total. The van der Waals surface area contributed by atoms with Crippen LogP contribution in [0.15, 0.2) is 4.79 Å². The van der Waals surface area contributed by atoms with Crippen LogP contribution in [-0.2, 0) is 13.0 Å². The van der Waals surface area contributed by atoms with Crippen molar-refractivity contribution >= 4 is 27.5 Å². The summed E-state index contributed by atoms with van der Waals surface area (Å²) < 4.78 is 1.82. The van der Waals surface area contributed by atoms with Crippen LogP contribution in [0.3, 0.4) is 0 Å². The van der Waals surface area contributed by atoms with Gasteiger partial charge in [0.25, 0.3) is 11.5 Å². The lowest BCUT2D eigenvalue weighted by Crippen LogP contribution is -2.50. The number of hydrogen-bond donors (Lipinski definition) is 2. The molecule has 2 aliphatic rings. The molecule has 2 N–H and O–H groups in total. The SMILES string of the molecule is Cc1c(C(=O)NC2CNCCC2C)sc2nc3n(c(=O)c12)CCCCC3. The molecular formula is C19H26N4O2S. The van der Waals surface area contributed by atoms with E-state index in [1.165, 1.54) is 11.3 Å². The number of nitrogens with one attached hydrogen (secondary N) is 2. The Morgan fingerprint density at radius 1 is 1.35 bits per heavy atom. The molecule has 1 amide bonds. The van der Waals surface area contributed by atoms with Gasteiger partial charge in [0, 0.05) is 25.6 Å². The van der Waals surface area contributed by atoms with Gasteiger partial charge in [-0.1, -0.05) is 13.3 Å². The molecule has 1 fully saturated rings. The third-order valence-electron chi connectivity index (χ3n) is 5.76. The van der Waals surface area contributed by atoms with Crippen LogP contribution < -0.4 is 16.2 Å². The Balaban J connectivity index is 1.70. The lowest BCUT2D eigenvalue weighted by Gasteiger charge is -2.30. The monoisotopic (exact) mass is 374 g/mol. The molecule has 7 heteroatoms. The van der Waals surface area contributed by atoms with E-state index < -0.39 is 0 Å². The Kier molecular flexibility index (Phi) is 4.84. The molecule has 2 aromatic rings. The molecule has 2 atom stereocenters. The summed E-state index contributed by atoms with van der Waals surface area (Å²) in [7, 11) is 0. The fourth-order valence-corrected chi connectivity index (χ4v) is 5.14. The van der Waals surface area contributed by atoms with Crippen LogP contribution in [0.1, 0.15) is 53.7 Å². The molecule has 0 radical (unpaired) electrons. The van der Waals surface area contributed by atoms with Crippen LogP contribution in [0.2, 0.25) is 0 Å². The Labute approximate surface area is 157 Å². The molecule has 0 aliphatic carbocycles. The summed E-state index contributed by atoms with van der Waals surface area (Å²) in [6, 6.07) is 0.131. The molecule has 140 valence electrons. The van der Waals surface area contributed by atoms with Crippen LogP contribution in [-0.4, -0.2) is 34.6 Å². The zero-order chi connectivity index (χ0) is 18.3. The standard InChI is InChI=1S/C19H26N4O2S/c1-11-7-8-20-10-13(11)21-17(24)16-12(2)15-18(26-16)22-14-6-4-3-5-9-23(14)19(15)25/h11,13,20H,3-10H2,1-2H3,(H,21,24). The maximum atomic E-state index is 13.0. The number of rotatable bonds is 2. The molecule has 0 saturated carbocycles. The average molecular weight is 375 g/mol. The first-order valence-electron chi connectivity index (χ1n) is 9.60. The lowest BCUT2D eigenvalue weighted by molar-refractivity contribution is 0.0919. The van der Waals surface area contributed by atoms with Crippen LogP contribution in [0.5, 0.6) is 0 Å². The Morgan fingerprint density at radius 3 is 3.00 bits per heavy atom. The number of nitrogens with zero attached hydrogens (tertiary/aromatic N) is 2. The number of carbonyl (C=O) groups is 1. The van der Waals surface area contributed by atoms with Gasteiger partial charge in [0.2, 0.25) is 0 Å². The lowest BCUT2D eigenvalue weighted by atomic mass is 9.95. The fourth-order valence-electron chi connectivity index (χ4n) is 4.04. The summed E-state index contributed by atoms with van der Waals surface area (Å²) in [5.41, 5.74) is 0.795. The number of thiophene rings is 1. The second-order valence-corrected chi connectivity index (χ2v) is 8.58. The Hall–Kier alpha value is -1.73. The first-order valence-corrected chi connectivity index (χ1v) is 10.4. The maximum absolute atomic E-state index is 13.0. The fraction of sp³-hybridized carbons (Fsp3) is 0.632. The van der Waals surface area contributed by atoms with Gasteiger partial charge < -0.3 is 10.6 Å². The molecule has 4 rings (SSSR count). The number of fused-ring (bicyclic) bond motifs is 2. The van der Waals surface area contributed by atoms with Gasteiger partial charge in [0.05, 0.1) is 10.3 Å². The predicted molar refractivity (Wildman–Crippen MR) is 104 cm³/mol. The minimum Gasteiger partial charge on any atom is -0.347 e. The first-order chi connectivity index (χ1) is 12.6. The molecule has 26 heavy (non-hydrogen) atoms. The van der Waals surface area contributed by atoms with Crippen molar-refractivity contribution in [1.82, 2.24) is 20.2 Å². The summed E-state index contributed by atoms with van der Waals surface area (Å²) in [4.78, 5) is 32.0. The van der Waals surface area contributed by atoms with Crippen LogP contribution in [0.4, 0.5) is 0 Å². The molecule has 2 aromatic heterocycles. The van der Waals surface area contributed by atoms with Gasteiger partial charge in [-0.25, -0.2) is 4.98 Å². The highest BCUT2D eigenvalue weighted by Crippen LogP contribution is 2.28. The second kappa shape index (κ2) is 7.12. The molecule has 1 saturated heterocycles. The molecule has 4 heterocycles. The Morgan fingerprint density at radius 2 is 2.19 bits per heavy atom. The van der Waals surface area contributed by atoms with Crippen molar-refractivity contribution in [3.05, 3.63) is 26.6 Å². The van der Waals surface area contributed by atoms with Crippen molar-refractivity contribution < 1.29 is 4.79 Å². The summed E-state index contributed by atoms with van der Waals surface area (Å²) in [6.45, 7) is 6.59. The highest BCUT2D eigenvalue weighted by molar-refractivity contribution is 7.20. The van der Waals surface area contributed by atoms with Crippen molar-refractivity contribution in [2.45, 2.75) is 58.5 Å². The highest BCUT2D eigenvalue weighted by atomic mass is 32.1. The van der Waals surface area contributed by atoms with Crippen molar-refractivity contribution in [3.8, 4) is 0 Å². The number of amides is 1. The quantitative estimate of drug-likeness (QED) is 0.845. The maximum Gasteiger partial charge on any atom is 0.262 e. The third-order valence-corrected chi connectivity index (χ3v) is 6.95. The molecular weight excluding hydrogens is 348 g/mol. The molecule has 2 aliphatic heterocycles. The molecule has 0 bridgehead atoms. The number of aromatic nitrogens is 2. The van der Waals surface area contributed by atoms with Crippen LogP contribution in [0.25, 0.3) is 10.2 Å². The smallest absolute Gasteiger partial charge is 0.262 e. The first kappa shape index (κ1) is 17.7. The molecule has 2 unspecified atom stereocenters. The van der Waals surface area contributed by atoms with Gasteiger partial charge in [0.1, 0.15) is 10.7 Å². The zero-order valence-corrected chi connectivity index (χ0v) is 16.2. The second-order valence-electron chi connectivity index (χ2n) is 7.58. The van der Waals surface area contributed by atoms with Gasteiger partial charge in [-0.15, -0.1) is 11.3 Å². The topological polar surface area (TPSA) is 76.0 Å². The number of aryl methyl sites for hydroxylation is 2. The van der Waals surface area contributed by atoms with Gasteiger partial charge in [-0.05, 0) is 44.2 Å². The van der Waals surface area contributed by atoms with Crippen LogP contribution in [0, 0.1) is 12.8 Å². The van der Waals surface area contributed by atoms with Gasteiger partial charge in [-0.3, -0.25) is 14.2 Å². The normalized spacial score (nSPS) is 23.5. The summed E-state index contributed by atoms with van der Waals surface area (Å²) in [5.74, 6) is 1.25. The summed E-state index contributed by atoms with van der Waals surface area (Å²) in [6.07, 6.45) is 5.13. The molecule has 0 spiro atoms. The van der Waals surface area contributed by atoms with E-state index in [2.05, 4.69) is 17.6 Å². The minimum absolute atomic E-state index is 0.0207. The van der Waals surface area contributed by atoms with E-state index in [0.29, 0.717) is 21.0 Å². The van der Waals surface area contributed by atoms with Crippen molar-refractivity contribution in [2.75, 3.05) is 13.1 Å². The van der Waals surface area contributed by atoms with E-state index in [1.807, 2.05) is 11.5 Å². The number of piperidine rings is 1. The zero-order valence-electron chi connectivity index (χ0n) is 15.4. The predicted octanol–water partition coefficient (Wildman–Crippen LogP) is 2.22.